The van der Waals surface area contributed by atoms with Crippen LogP contribution in [0, 0.1) is 0 Å². The Morgan fingerprint density at radius 1 is 0.850 bits per heavy atom. The van der Waals surface area contributed by atoms with Crippen LogP contribution in [-0.4, -0.2) is 164 Å². The minimum Gasteiger partial charge on any atom is -0.394 e. The first-order valence-corrected chi connectivity index (χ1v) is 13.1. The summed E-state index contributed by atoms with van der Waals surface area (Å²) in [5.74, 6) is -0.845. The van der Waals surface area contributed by atoms with Gasteiger partial charge in [0, 0.05) is 12.6 Å². The number of amides is 1. The lowest BCUT2D eigenvalue weighted by molar-refractivity contribution is -0.332. The highest BCUT2D eigenvalue weighted by molar-refractivity contribution is 5.80. The van der Waals surface area contributed by atoms with E-state index in [1.165, 1.54) is 0 Å². The van der Waals surface area contributed by atoms with Crippen molar-refractivity contribution in [1.82, 2.24) is 5.32 Å². The number of hydrogen-bond acceptors (Lipinski definition) is 17. The van der Waals surface area contributed by atoms with Crippen molar-refractivity contribution in [2.45, 2.75) is 111 Å². The lowest BCUT2D eigenvalue weighted by atomic mass is 9.83. The van der Waals surface area contributed by atoms with E-state index in [9.17, 15) is 45.6 Å². The summed E-state index contributed by atoms with van der Waals surface area (Å²) in [6, 6.07) is -3.45. The van der Waals surface area contributed by atoms with Crippen LogP contribution in [0.15, 0.2) is 0 Å². The number of ether oxygens (including phenoxy) is 4. The molecule has 1 saturated carbocycles. The highest BCUT2D eigenvalue weighted by atomic mass is 16.7. The SMILES string of the molecule is NCC[C@@H](O)C(=O)N[C@@H]1C[C@H](N)[C@H](O[C@H]2O[C@H](CN)[C@H](O)[C@H](O)[C@H]2O)[C@H](O)[C@@H]1O[C@H]1O[C@H](CO)[C@@H](O)[C@H](N)[C@H]1O. The molecular weight excluding hydrogens is 542 g/mol. The molecule has 16 atom stereocenters. The standard InChI is InChI=1S/C22H43N5O13/c23-2-1-8(29)20(36)27-7-3-6(25)18(39-22-16(34)15(33)13(31)9(4-24)37-22)17(35)19(7)40-21-14(32)11(26)12(30)10(5-28)38-21/h6-19,21-22,28-35H,1-5,23-26H2,(H,27,36)/t6-,7+,8+,9+,10+,11-,12+,13-,14+,15-,16+,17-,18-,19+,21+,22+/m0/s1. The molecule has 0 bridgehead atoms. The molecule has 0 aromatic rings. The molecule has 234 valence electrons. The first kappa shape index (κ1) is 33.3. The van der Waals surface area contributed by atoms with E-state index in [2.05, 4.69) is 5.32 Å². The second-order valence-corrected chi connectivity index (χ2v) is 10.3. The maximum absolute atomic E-state index is 12.6. The Labute approximate surface area is 229 Å². The predicted octanol–water partition coefficient (Wildman–Crippen LogP) is -8.42. The van der Waals surface area contributed by atoms with Gasteiger partial charge in [-0.15, -0.1) is 0 Å². The summed E-state index contributed by atoms with van der Waals surface area (Å²) in [5.41, 5.74) is 23.1. The molecule has 1 amide bonds. The second-order valence-electron chi connectivity index (χ2n) is 10.3. The van der Waals surface area contributed by atoms with Crippen LogP contribution in [0.3, 0.4) is 0 Å². The average Bonchev–Trinajstić information content (AvgIpc) is 2.92. The van der Waals surface area contributed by atoms with Crippen molar-refractivity contribution >= 4 is 5.91 Å². The van der Waals surface area contributed by atoms with Crippen LogP contribution in [-0.2, 0) is 23.7 Å². The van der Waals surface area contributed by atoms with Crippen molar-refractivity contribution in [3.8, 4) is 0 Å². The number of aliphatic hydroxyl groups is 8. The van der Waals surface area contributed by atoms with Gasteiger partial charge >= 0.3 is 0 Å². The molecule has 0 aromatic carbocycles. The summed E-state index contributed by atoms with van der Waals surface area (Å²) < 4.78 is 22.5. The summed E-state index contributed by atoms with van der Waals surface area (Å²) >= 11 is 0. The molecule has 18 heteroatoms. The third-order valence-electron chi connectivity index (χ3n) is 7.51. The zero-order valence-electron chi connectivity index (χ0n) is 21.7. The van der Waals surface area contributed by atoms with Gasteiger partial charge in [-0.3, -0.25) is 4.79 Å². The molecular formula is C22H43N5O13. The molecule has 3 rings (SSSR count). The third kappa shape index (κ3) is 7.06. The number of carbonyl (C=O) groups excluding carboxylic acids is 1. The molecule has 0 radical (unpaired) electrons. The monoisotopic (exact) mass is 585 g/mol. The first-order valence-electron chi connectivity index (χ1n) is 13.1. The molecule has 40 heavy (non-hydrogen) atoms. The third-order valence-corrected chi connectivity index (χ3v) is 7.51. The van der Waals surface area contributed by atoms with Gasteiger partial charge in [-0.1, -0.05) is 0 Å². The lowest BCUT2D eigenvalue weighted by Crippen LogP contribution is -2.69. The second kappa shape index (κ2) is 14.3. The Kier molecular flexibility index (Phi) is 11.9. The Bertz CT molecular complexity index is 815. The van der Waals surface area contributed by atoms with Crippen molar-refractivity contribution in [2.24, 2.45) is 22.9 Å². The fourth-order valence-corrected chi connectivity index (χ4v) is 5.07. The van der Waals surface area contributed by atoms with Crippen LogP contribution in [0.4, 0.5) is 0 Å². The van der Waals surface area contributed by atoms with Crippen molar-refractivity contribution in [1.29, 1.82) is 0 Å². The molecule has 2 heterocycles. The number of nitrogens with one attached hydrogen (secondary N) is 1. The topological polar surface area (TPSA) is 332 Å². The molecule has 2 aliphatic heterocycles. The van der Waals surface area contributed by atoms with Gasteiger partial charge in [0.1, 0.15) is 67.1 Å². The van der Waals surface area contributed by atoms with E-state index in [4.69, 9.17) is 41.9 Å². The van der Waals surface area contributed by atoms with Crippen molar-refractivity contribution in [2.75, 3.05) is 19.7 Å². The van der Waals surface area contributed by atoms with Crippen molar-refractivity contribution < 1.29 is 64.6 Å². The van der Waals surface area contributed by atoms with Crippen LogP contribution in [0.25, 0.3) is 0 Å². The molecule has 17 N–H and O–H groups in total. The summed E-state index contributed by atoms with van der Waals surface area (Å²) in [6.45, 7) is -0.898. The van der Waals surface area contributed by atoms with Crippen LogP contribution in [0.2, 0.25) is 0 Å². The number of aliphatic hydroxyl groups excluding tert-OH is 8. The molecule has 3 aliphatic rings. The largest absolute Gasteiger partial charge is 0.394 e. The number of carbonyl (C=O) groups is 1. The molecule has 0 aromatic heterocycles. The fraction of sp³-hybridized carbons (Fsp3) is 0.955. The van der Waals surface area contributed by atoms with E-state index < -0.39 is 110 Å². The van der Waals surface area contributed by atoms with E-state index in [-0.39, 0.29) is 25.9 Å². The van der Waals surface area contributed by atoms with E-state index >= 15 is 0 Å². The summed E-state index contributed by atoms with van der Waals surface area (Å²) in [5, 5.41) is 84.9. The summed E-state index contributed by atoms with van der Waals surface area (Å²) in [6.07, 6.45) is -19.8. The normalized spacial score (nSPS) is 47.0. The fourth-order valence-electron chi connectivity index (χ4n) is 5.07. The highest BCUT2D eigenvalue weighted by Gasteiger charge is 2.52. The van der Waals surface area contributed by atoms with Crippen LogP contribution >= 0.6 is 0 Å². The van der Waals surface area contributed by atoms with Crippen molar-refractivity contribution in [3.05, 3.63) is 0 Å². The molecule has 3 fully saturated rings. The quantitative estimate of drug-likeness (QED) is 0.113. The summed E-state index contributed by atoms with van der Waals surface area (Å²) in [4.78, 5) is 12.6. The van der Waals surface area contributed by atoms with Gasteiger partial charge in [0.25, 0.3) is 0 Å². The Balaban J connectivity index is 1.85. The van der Waals surface area contributed by atoms with Gasteiger partial charge in [-0.25, -0.2) is 0 Å². The predicted molar refractivity (Wildman–Crippen MR) is 131 cm³/mol. The van der Waals surface area contributed by atoms with Gasteiger partial charge in [-0.2, -0.15) is 0 Å². The average molecular weight is 586 g/mol. The zero-order chi connectivity index (χ0) is 29.9. The minimum absolute atomic E-state index is 0.0101. The van der Waals surface area contributed by atoms with E-state index in [0.717, 1.165) is 0 Å². The van der Waals surface area contributed by atoms with Gasteiger partial charge in [-0.05, 0) is 19.4 Å². The smallest absolute Gasteiger partial charge is 0.249 e. The molecule has 0 spiro atoms. The van der Waals surface area contributed by atoms with Crippen LogP contribution in [0.1, 0.15) is 12.8 Å². The van der Waals surface area contributed by atoms with E-state index in [1.807, 2.05) is 0 Å². The van der Waals surface area contributed by atoms with Gasteiger partial charge < -0.3 is 88.1 Å². The molecule has 1 aliphatic carbocycles. The number of hydrogen-bond donors (Lipinski definition) is 13. The maximum Gasteiger partial charge on any atom is 0.249 e. The maximum atomic E-state index is 12.6. The Morgan fingerprint density at radius 3 is 2.05 bits per heavy atom. The molecule has 18 nitrogen and oxygen atoms in total. The van der Waals surface area contributed by atoms with Gasteiger partial charge in [0.2, 0.25) is 5.91 Å². The number of rotatable bonds is 10. The number of nitrogens with two attached hydrogens (primary N) is 4. The highest BCUT2D eigenvalue weighted by Crippen LogP contribution is 2.32. The summed E-state index contributed by atoms with van der Waals surface area (Å²) in [7, 11) is 0. The van der Waals surface area contributed by atoms with Gasteiger partial charge in [0.15, 0.2) is 12.6 Å². The Morgan fingerprint density at radius 2 is 1.45 bits per heavy atom. The lowest BCUT2D eigenvalue weighted by Gasteiger charge is -2.49. The van der Waals surface area contributed by atoms with E-state index in [0.29, 0.717) is 0 Å². The van der Waals surface area contributed by atoms with Crippen molar-refractivity contribution in [3.63, 3.8) is 0 Å². The van der Waals surface area contributed by atoms with Crippen LogP contribution < -0.4 is 28.3 Å². The molecule has 2 saturated heterocycles. The zero-order valence-corrected chi connectivity index (χ0v) is 21.7. The Hall–Kier alpha value is -1.17. The first-order chi connectivity index (χ1) is 18.9. The molecule has 0 unspecified atom stereocenters. The van der Waals surface area contributed by atoms with E-state index in [1.54, 1.807) is 0 Å². The minimum atomic E-state index is -1.76. The van der Waals surface area contributed by atoms with Gasteiger partial charge in [0.05, 0.1) is 18.7 Å². The van der Waals surface area contributed by atoms with Crippen LogP contribution in [0.5, 0.6) is 0 Å².